The normalized spacial score (nSPS) is 10.3. The lowest BCUT2D eigenvalue weighted by Crippen LogP contribution is -2.00. The van der Waals surface area contributed by atoms with E-state index < -0.39 is 11.6 Å². The first kappa shape index (κ1) is 13.8. The Morgan fingerprint density at radius 2 is 1.79 bits per heavy atom. The van der Waals surface area contributed by atoms with Crippen molar-refractivity contribution in [2.24, 2.45) is 0 Å². The van der Waals surface area contributed by atoms with Crippen LogP contribution in [-0.2, 0) is 6.61 Å². The summed E-state index contributed by atoms with van der Waals surface area (Å²) in [7, 11) is 1.55. The molecule has 0 atom stereocenters. The van der Waals surface area contributed by atoms with Gasteiger partial charge in [-0.05, 0) is 29.8 Å². The molecule has 2 aromatic rings. The van der Waals surface area contributed by atoms with Crippen molar-refractivity contribution in [1.29, 1.82) is 0 Å². The first-order valence-electron chi connectivity index (χ1n) is 5.50. The van der Waals surface area contributed by atoms with E-state index in [9.17, 15) is 8.78 Å². The molecule has 0 N–H and O–H groups in total. The standard InChI is InChI=1S/C14H11BrF2O2/c1-18-11-4-2-3-9(5-11)8-19-14-12(16)6-10(15)7-13(14)17/h2-7H,8H2,1H3. The zero-order valence-electron chi connectivity index (χ0n) is 10.1. The summed E-state index contributed by atoms with van der Waals surface area (Å²) < 4.78 is 37.7. The molecule has 2 nitrogen and oxygen atoms in total. The number of ether oxygens (including phenoxy) is 2. The summed E-state index contributed by atoms with van der Waals surface area (Å²) >= 11 is 3.01. The zero-order valence-corrected chi connectivity index (χ0v) is 11.7. The van der Waals surface area contributed by atoms with Gasteiger partial charge in [-0.25, -0.2) is 8.78 Å². The van der Waals surface area contributed by atoms with Crippen molar-refractivity contribution in [2.75, 3.05) is 7.11 Å². The first-order valence-corrected chi connectivity index (χ1v) is 6.29. The number of halogens is 3. The highest BCUT2D eigenvalue weighted by Crippen LogP contribution is 2.26. The van der Waals surface area contributed by atoms with E-state index in [1.807, 2.05) is 0 Å². The van der Waals surface area contributed by atoms with Gasteiger partial charge in [0.1, 0.15) is 12.4 Å². The highest BCUT2D eigenvalue weighted by molar-refractivity contribution is 9.10. The quantitative estimate of drug-likeness (QED) is 0.832. The fourth-order valence-electron chi connectivity index (χ4n) is 1.58. The SMILES string of the molecule is COc1cccc(COc2c(F)cc(Br)cc2F)c1. The minimum atomic E-state index is -0.741. The van der Waals surface area contributed by atoms with Crippen LogP contribution in [0.25, 0.3) is 0 Å². The summed E-state index contributed by atoms with van der Waals surface area (Å²) in [6.07, 6.45) is 0. The summed E-state index contributed by atoms with van der Waals surface area (Å²) in [5.74, 6) is -1.20. The molecule has 0 radical (unpaired) electrons. The Morgan fingerprint density at radius 1 is 1.11 bits per heavy atom. The molecule has 0 heterocycles. The van der Waals surface area contributed by atoms with E-state index in [0.29, 0.717) is 10.2 Å². The molecule has 5 heteroatoms. The lowest BCUT2D eigenvalue weighted by molar-refractivity contribution is 0.273. The number of methoxy groups -OCH3 is 1. The Bertz CT molecular complexity index is 564. The molecule has 0 spiro atoms. The minimum absolute atomic E-state index is 0.0622. The maximum atomic E-state index is 13.5. The van der Waals surface area contributed by atoms with Crippen molar-refractivity contribution in [3.63, 3.8) is 0 Å². The van der Waals surface area contributed by atoms with Crippen LogP contribution in [-0.4, -0.2) is 7.11 Å². The number of hydrogen-bond acceptors (Lipinski definition) is 2. The Morgan fingerprint density at radius 3 is 2.42 bits per heavy atom. The molecule has 2 rings (SSSR count). The van der Waals surface area contributed by atoms with E-state index in [2.05, 4.69) is 15.9 Å². The van der Waals surface area contributed by atoms with E-state index >= 15 is 0 Å². The van der Waals surface area contributed by atoms with Gasteiger partial charge in [-0.3, -0.25) is 0 Å². The largest absolute Gasteiger partial charge is 0.497 e. The molecule has 0 aliphatic carbocycles. The molecule has 19 heavy (non-hydrogen) atoms. The van der Waals surface area contributed by atoms with E-state index in [0.717, 1.165) is 17.7 Å². The maximum absolute atomic E-state index is 13.5. The number of benzene rings is 2. The molecular weight excluding hydrogens is 318 g/mol. The van der Waals surface area contributed by atoms with Gasteiger partial charge in [0.05, 0.1) is 7.11 Å². The zero-order chi connectivity index (χ0) is 13.8. The van der Waals surface area contributed by atoms with Gasteiger partial charge >= 0.3 is 0 Å². The van der Waals surface area contributed by atoms with Crippen LogP contribution in [0, 0.1) is 11.6 Å². The van der Waals surface area contributed by atoms with Crippen LogP contribution < -0.4 is 9.47 Å². The fraction of sp³-hybridized carbons (Fsp3) is 0.143. The molecule has 0 fully saturated rings. The smallest absolute Gasteiger partial charge is 0.191 e. The monoisotopic (exact) mass is 328 g/mol. The van der Waals surface area contributed by atoms with Crippen LogP contribution in [0.5, 0.6) is 11.5 Å². The van der Waals surface area contributed by atoms with Gasteiger partial charge < -0.3 is 9.47 Å². The third-order valence-electron chi connectivity index (χ3n) is 2.48. The van der Waals surface area contributed by atoms with Gasteiger partial charge in [-0.15, -0.1) is 0 Å². The predicted octanol–water partition coefficient (Wildman–Crippen LogP) is 4.31. The van der Waals surface area contributed by atoms with Crippen molar-refractivity contribution >= 4 is 15.9 Å². The van der Waals surface area contributed by atoms with Crippen molar-refractivity contribution in [1.82, 2.24) is 0 Å². The van der Waals surface area contributed by atoms with E-state index in [-0.39, 0.29) is 12.4 Å². The molecule has 0 saturated carbocycles. The second kappa shape index (κ2) is 6.02. The number of rotatable bonds is 4. The van der Waals surface area contributed by atoms with Crippen LogP contribution in [0.2, 0.25) is 0 Å². The average Bonchev–Trinajstić information content (AvgIpc) is 2.37. The Balaban J connectivity index is 2.14. The third kappa shape index (κ3) is 3.44. The van der Waals surface area contributed by atoms with E-state index in [1.54, 1.807) is 31.4 Å². The molecule has 0 amide bonds. The molecular formula is C14H11BrF2O2. The predicted molar refractivity (Wildman–Crippen MR) is 71.4 cm³/mol. The van der Waals surface area contributed by atoms with Crippen molar-refractivity contribution in [3.8, 4) is 11.5 Å². The van der Waals surface area contributed by atoms with Crippen LogP contribution in [0.15, 0.2) is 40.9 Å². The molecule has 0 bridgehead atoms. The highest BCUT2D eigenvalue weighted by atomic mass is 79.9. The van der Waals surface area contributed by atoms with Gasteiger partial charge in [-0.2, -0.15) is 0 Å². The van der Waals surface area contributed by atoms with Gasteiger partial charge in [0.15, 0.2) is 17.4 Å². The van der Waals surface area contributed by atoms with Crippen LogP contribution in [0.1, 0.15) is 5.56 Å². The summed E-state index contributed by atoms with van der Waals surface area (Å²) in [5, 5.41) is 0. The fourth-order valence-corrected chi connectivity index (χ4v) is 1.99. The molecule has 100 valence electrons. The van der Waals surface area contributed by atoms with Gasteiger partial charge in [0.25, 0.3) is 0 Å². The van der Waals surface area contributed by atoms with Crippen molar-refractivity contribution in [2.45, 2.75) is 6.61 Å². The summed E-state index contributed by atoms with van der Waals surface area (Å²) in [5.41, 5.74) is 0.765. The molecule has 0 aromatic heterocycles. The second-order valence-electron chi connectivity index (χ2n) is 3.84. The Hall–Kier alpha value is -1.62. The van der Waals surface area contributed by atoms with Crippen molar-refractivity contribution < 1.29 is 18.3 Å². The van der Waals surface area contributed by atoms with Crippen LogP contribution in [0.3, 0.4) is 0 Å². The lowest BCUT2D eigenvalue weighted by Gasteiger charge is -2.09. The summed E-state index contributed by atoms with van der Waals surface area (Å²) in [6, 6.07) is 9.41. The average molecular weight is 329 g/mol. The van der Waals surface area contributed by atoms with Gasteiger partial charge in [-0.1, -0.05) is 28.1 Å². The van der Waals surface area contributed by atoms with Gasteiger partial charge in [0.2, 0.25) is 0 Å². The Kier molecular flexibility index (Phi) is 4.37. The molecule has 2 aromatic carbocycles. The van der Waals surface area contributed by atoms with E-state index in [1.165, 1.54) is 0 Å². The molecule has 0 saturated heterocycles. The van der Waals surface area contributed by atoms with Crippen molar-refractivity contribution in [3.05, 3.63) is 58.1 Å². The molecule has 0 aliphatic rings. The second-order valence-corrected chi connectivity index (χ2v) is 4.75. The topological polar surface area (TPSA) is 18.5 Å². The first-order chi connectivity index (χ1) is 9.10. The third-order valence-corrected chi connectivity index (χ3v) is 2.94. The lowest BCUT2D eigenvalue weighted by atomic mass is 10.2. The number of hydrogen-bond donors (Lipinski definition) is 0. The molecule has 0 unspecified atom stereocenters. The van der Waals surface area contributed by atoms with Crippen LogP contribution >= 0.6 is 15.9 Å². The van der Waals surface area contributed by atoms with Gasteiger partial charge in [0, 0.05) is 4.47 Å². The molecule has 0 aliphatic heterocycles. The maximum Gasteiger partial charge on any atom is 0.191 e. The summed E-state index contributed by atoms with van der Waals surface area (Å²) in [6.45, 7) is 0.0622. The van der Waals surface area contributed by atoms with Crippen LogP contribution in [0.4, 0.5) is 8.78 Å². The Labute approximate surface area is 118 Å². The summed E-state index contributed by atoms with van der Waals surface area (Å²) in [4.78, 5) is 0. The van der Waals surface area contributed by atoms with E-state index in [4.69, 9.17) is 9.47 Å². The minimum Gasteiger partial charge on any atom is -0.497 e. The highest BCUT2D eigenvalue weighted by Gasteiger charge is 2.12.